The van der Waals surface area contributed by atoms with Gasteiger partial charge in [0.2, 0.25) is 5.78 Å². The van der Waals surface area contributed by atoms with Crippen molar-refractivity contribution in [2.24, 2.45) is 0 Å². The Hall–Kier alpha value is -4.11. The van der Waals surface area contributed by atoms with Crippen molar-refractivity contribution in [3.05, 3.63) is 77.1 Å². The first-order valence-electron chi connectivity index (χ1n) is 21.7. The lowest BCUT2D eigenvalue weighted by Gasteiger charge is -2.40. The fourth-order valence-corrected chi connectivity index (χ4v) is 11.7. The van der Waals surface area contributed by atoms with E-state index in [9.17, 15) is 19.7 Å². The molecule has 3 aliphatic rings. The number of hydrogen-bond donors (Lipinski definition) is 2. The molecule has 5 aromatic rings. The predicted molar refractivity (Wildman–Crippen MR) is 250 cm³/mol. The van der Waals surface area contributed by atoms with Gasteiger partial charge in [0.25, 0.3) is 11.5 Å². The second kappa shape index (κ2) is 19.7. The topological polar surface area (TPSA) is 239 Å². The molecular weight excluding hydrogens is 945 g/mol. The first kappa shape index (κ1) is 49.3. The second-order valence-corrected chi connectivity index (χ2v) is 27.5. The van der Waals surface area contributed by atoms with Crippen LogP contribution in [0.1, 0.15) is 72.4 Å². The van der Waals surface area contributed by atoms with E-state index in [1.807, 2.05) is 24.3 Å². The van der Waals surface area contributed by atoms with Crippen LogP contribution in [0.3, 0.4) is 0 Å². The normalized spacial score (nSPS) is 27.5. The Morgan fingerprint density at radius 2 is 1.82 bits per heavy atom. The molecule has 2 N–H and O–H groups in total. The zero-order chi connectivity index (χ0) is 47.9. The molecular formula is C42H55N9O12P2SSi. The largest absolute Gasteiger partial charge is 0.484 e. The molecule has 7 heterocycles. The van der Waals surface area contributed by atoms with E-state index < -0.39 is 72.5 Å². The molecule has 0 spiro atoms. The summed E-state index contributed by atoms with van der Waals surface area (Å²) in [5, 5.41) is 20.7. The Morgan fingerprint density at radius 3 is 2.55 bits per heavy atom. The summed E-state index contributed by atoms with van der Waals surface area (Å²) in [6, 6.07) is 12.6. The number of carbonyl (C=O) groups excluding carboxylic acids is 1. The van der Waals surface area contributed by atoms with Crippen LogP contribution in [0.25, 0.3) is 16.9 Å². The van der Waals surface area contributed by atoms with Gasteiger partial charge >= 0.3 is 15.3 Å². The molecule has 67 heavy (non-hydrogen) atoms. The molecule has 8 rings (SSSR count). The minimum atomic E-state index is -3.74. The number of hydrogen-bond acceptors (Lipinski definition) is 18. The van der Waals surface area contributed by atoms with E-state index in [2.05, 4.69) is 86.3 Å². The number of rotatable bonds is 11. The number of aromatic nitrogens is 7. The zero-order valence-corrected chi connectivity index (χ0v) is 42.0. The van der Waals surface area contributed by atoms with Crippen molar-refractivity contribution in [3.8, 4) is 11.8 Å². The highest BCUT2D eigenvalue weighted by molar-refractivity contribution is 8.07. The fraction of sp³-hybridized carbons (Fsp3) is 0.548. The van der Waals surface area contributed by atoms with Crippen LogP contribution in [0.5, 0.6) is 5.75 Å². The molecule has 3 saturated heterocycles. The maximum Gasteiger partial charge on any atom is 0.330 e. The molecule has 2 unspecified atom stereocenters. The van der Waals surface area contributed by atoms with Crippen LogP contribution in [0.2, 0.25) is 18.1 Å². The van der Waals surface area contributed by atoms with Gasteiger partial charge in [0.05, 0.1) is 38.0 Å². The first-order chi connectivity index (χ1) is 31.7. The van der Waals surface area contributed by atoms with Gasteiger partial charge in [0.1, 0.15) is 36.3 Å². The van der Waals surface area contributed by atoms with E-state index in [1.54, 1.807) is 16.8 Å². The Morgan fingerprint density at radius 1 is 1.04 bits per heavy atom. The number of nitrogens with one attached hydrogen (secondary N) is 1. The van der Waals surface area contributed by atoms with Crippen molar-refractivity contribution in [3.63, 3.8) is 0 Å². The lowest BCUT2D eigenvalue weighted by molar-refractivity contribution is -0.118. The van der Waals surface area contributed by atoms with Crippen LogP contribution < -0.4 is 15.6 Å². The highest BCUT2D eigenvalue weighted by atomic mass is 32.5. The van der Waals surface area contributed by atoms with E-state index >= 15 is 0 Å². The minimum Gasteiger partial charge on any atom is -0.484 e. The number of fused-ring (bicyclic) bond motifs is 5. The van der Waals surface area contributed by atoms with Crippen LogP contribution in [0.4, 0.5) is 5.69 Å². The summed E-state index contributed by atoms with van der Waals surface area (Å²) >= 11 is 6.06. The second-order valence-electron chi connectivity index (χ2n) is 18.8. The highest BCUT2D eigenvalue weighted by Crippen LogP contribution is 2.56. The average Bonchev–Trinajstić information content (AvgIpc) is 4.08. The van der Waals surface area contributed by atoms with Gasteiger partial charge in [-0.1, -0.05) is 58.9 Å². The van der Waals surface area contributed by atoms with Crippen molar-refractivity contribution in [1.29, 1.82) is 5.26 Å². The molecule has 360 valence electrons. The van der Waals surface area contributed by atoms with Crippen molar-refractivity contribution in [2.75, 3.05) is 31.7 Å². The molecule has 3 fully saturated rings. The van der Waals surface area contributed by atoms with Crippen molar-refractivity contribution in [1.82, 2.24) is 33.9 Å². The molecule has 9 atom stereocenters. The van der Waals surface area contributed by atoms with Crippen LogP contribution in [-0.2, 0) is 58.5 Å². The minimum absolute atomic E-state index is 0.00406. The quantitative estimate of drug-likeness (QED) is 0.0825. The number of pyridine rings is 1. The number of imidazole rings is 1. The highest BCUT2D eigenvalue weighted by Gasteiger charge is 2.54. The predicted octanol–water partition coefficient (Wildman–Crippen LogP) is 6.42. The molecule has 0 aliphatic carbocycles. The molecule has 25 heteroatoms. The number of ether oxygens (including phenoxy) is 3. The van der Waals surface area contributed by atoms with Crippen molar-refractivity contribution < 1.29 is 50.9 Å². The van der Waals surface area contributed by atoms with Gasteiger partial charge in [-0.25, -0.2) is 9.97 Å². The first-order valence-corrected chi connectivity index (χ1v) is 28.3. The average molecular weight is 1000 g/mol. The van der Waals surface area contributed by atoms with Gasteiger partial charge in [-0.15, -0.1) is 5.10 Å². The number of anilines is 1. The smallest absolute Gasteiger partial charge is 0.330 e. The van der Waals surface area contributed by atoms with Gasteiger partial charge in [-0.3, -0.25) is 18.6 Å². The van der Waals surface area contributed by atoms with Crippen molar-refractivity contribution >= 4 is 64.0 Å². The summed E-state index contributed by atoms with van der Waals surface area (Å²) in [7, 11) is -5.25. The van der Waals surface area contributed by atoms with Gasteiger partial charge < -0.3 is 51.5 Å². The summed E-state index contributed by atoms with van der Waals surface area (Å²) in [4.78, 5) is 46.4. The van der Waals surface area contributed by atoms with Crippen LogP contribution in [0.15, 0.2) is 66.0 Å². The van der Waals surface area contributed by atoms with E-state index in [4.69, 9.17) is 53.1 Å². The van der Waals surface area contributed by atoms with Crippen molar-refractivity contribution in [2.45, 2.75) is 121 Å². The van der Waals surface area contributed by atoms with E-state index in [0.29, 0.717) is 22.6 Å². The SMILES string of the molecule is CC(C)(C)c1ccc(OCC(=O)Nc2ccnc3c2nnn3[C@H]2C[C@@H]3OP(=S)(OCCC#N)OC[C@H]4O[C@@H](n5ccc(=O)n6ccnc56)[C@H](OP(O)OC[C@H]3O2)[C@@H]4O[Si](C)(C)C(C)(C)C)cc1. The molecule has 1 aromatic carbocycles. The maximum atomic E-state index is 13.1. The molecule has 21 nitrogen and oxygen atoms in total. The molecule has 2 bridgehead atoms. The van der Waals surface area contributed by atoms with Crippen LogP contribution >= 0.6 is 15.3 Å². The molecule has 1 amide bonds. The lowest BCUT2D eigenvalue weighted by atomic mass is 9.87. The standard InChI is InChI=1S/C42H55N9O12P2SSi/c1-41(2,3)26-10-12-27(13-11-26)55-25-32(52)46-28-14-17-44-38-35(28)47-48-51(38)34-22-29-30(59-34)23-56-64(54)61-37-36(63-67(7,8)42(4,5)6)31(24-58-65(66,62-29)57-21-9-16-43)60-39(37)50-19-15-33(53)49-20-18-45-40(49)50/h10-15,17-20,29-31,34,36-37,39,54H,9,21-25H2,1-8H3,(H,44,46,52)/t29-,30+,31+,34+,36+,37+,39+,64?,65?/m0/s1. The number of amides is 1. The third-order valence-corrected chi connectivity index (χ3v) is 19.8. The summed E-state index contributed by atoms with van der Waals surface area (Å²) in [6.07, 6.45) is -0.183. The van der Waals surface area contributed by atoms with Gasteiger partial charge in [0.15, 0.2) is 38.5 Å². The van der Waals surface area contributed by atoms with E-state index in [-0.39, 0.29) is 61.1 Å². The Balaban J connectivity index is 1.05. The maximum absolute atomic E-state index is 13.1. The number of benzene rings is 1. The fourth-order valence-electron chi connectivity index (χ4n) is 7.53. The monoisotopic (exact) mass is 999 g/mol. The number of nitriles is 1. The Kier molecular flexibility index (Phi) is 14.5. The molecule has 0 saturated carbocycles. The Bertz CT molecular complexity index is 2720. The van der Waals surface area contributed by atoms with Gasteiger partial charge in [-0.05, 0) is 59.1 Å². The summed E-state index contributed by atoms with van der Waals surface area (Å²) in [5.41, 5.74) is 1.76. The molecule has 0 radical (unpaired) electrons. The Labute approximate surface area is 394 Å². The third-order valence-electron chi connectivity index (χ3n) is 12.1. The van der Waals surface area contributed by atoms with Crippen LogP contribution in [0, 0.1) is 11.3 Å². The lowest BCUT2D eigenvalue weighted by Crippen LogP contribution is -2.50. The van der Waals surface area contributed by atoms with Crippen LogP contribution in [-0.4, -0.2) is 110 Å². The zero-order valence-electron chi connectivity index (χ0n) is 38.4. The summed E-state index contributed by atoms with van der Waals surface area (Å²) in [6.45, 7) is 12.3. The van der Waals surface area contributed by atoms with E-state index in [0.717, 1.165) is 5.56 Å². The van der Waals surface area contributed by atoms with Gasteiger partial charge in [-0.2, -0.15) is 9.94 Å². The number of carbonyl (C=O) groups is 1. The summed E-state index contributed by atoms with van der Waals surface area (Å²) < 4.78 is 62.1. The summed E-state index contributed by atoms with van der Waals surface area (Å²) in [5.74, 6) is 0.402. The molecule has 3 aliphatic heterocycles. The van der Waals surface area contributed by atoms with Gasteiger partial charge in [0, 0.05) is 37.3 Å². The van der Waals surface area contributed by atoms with E-state index in [1.165, 1.54) is 33.7 Å². The molecule has 4 aromatic heterocycles. The third kappa shape index (κ3) is 10.9. The number of nitrogens with zero attached hydrogens (tertiary/aromatic N) is 8.